The summed E-state index contributed by atoms with van der Waals surface area (Å²) in [4.78, 5) is 20.1. The lowest BCUT2D eigenvalue weighted by molar-refractivity contribution is 0.0727. The predicted molar refractivity (Wildman–Crippen MR) is 119 cm³/mol. The van der Waals surface area contributed by atoms with Crippen LogP contribution in [0.1, 0.15) is 47.6 Å². The number of hydrogen-bond acceptors (Lipinski definition) is 3. The van der Waals surface area contributed by atoms with Crippen LogP contribution in [0.15, 0.2) is 42.5 Å². The molecule has 1 fully saturated rings. The van der Waals surface area contributed by atoms with Crippen molar-refractivity contribution < 1.29 is 4.79 Å². The number of fused-ring (bicyclic) bond motifs is 1. The molecule has 0 saturated carbocycles. The van der Waals surface area contributed by atoms with Crippen molar-refractivity contribution in [2.75, 3.05) is 12.3 Å². The highest BCUT2D eigenvalue weighted by Gasteiger charge is 2.34. The molecule has 0 aliphatic carbocycles. The Kier molecular flexibility index (Phi) is 6.96. The number of hydrogen-bond donors (Lipinski definition) is 1. The number of nitrogens with zero attached hydrogens (tertiary/aromatic N) is 3. The van der Waals surface area contributed by atoms with Gasteiger partial charge in [0, 0.05) is 24.3 Å². The van der Waals surface area contributed by atoms with Gasteiger partial charge in [-0.25, -0.2) is 4.98 Å². The molecule has 1 aliphatic heterocycles. The summed E-state index contributed by atoms with van der Waals surface area (Å²) in [6.07, 6.45) is 1.93. The summed E-state index contributed by atoms with van der Waals surface area (Å²) in [5, 5.41) is 0. The Bertz CT molecular complexity index is 986. The summed E-state index contributed by atoms with van der Waals surface area (Å²) in [7, 11) is 0. The van der Waals surface area contributed by atoms with Crippen molar-refractivity contribution in [3.63, 3.8) is 0 Å². The van der Waals surface area contributed by atoms with Crippen molar-refractivity contribution in [1.29, 1.82) is 0 Å². The lowest BCUT2D eigenvalue weighted by atomic mass is 10.1. The Morgan fingerprint density at radius 1 is 1.21 bits per heavy atom. The monoisotopic (exact) mass is 420 g/mol. The SMILES string of the molecule is CCn1c(C2CCCN2C(=O)c2cc(N)ccc2C)nc2ccccc21.Cl.Cl. The first-order valence-corrected chi connectivity index (χ1v) is 9.22. The van der Waals surface area contributed by atoms with E-state index in [1.165, 1.54) is 0 Å². The first-order chi connectivity index (χ1) is 12.6. The van der Waals surface area contributed by atoms with Crippen molar-refractivity contribution in [2.45, 2.75) is 39.3 Å². The average Bonchev–Trinajstić information content (AvgIpc) is 3.26. The average molecular weight is 421 g/mol. The molecule has 28 heavy (non-hydrogen) atoms. The van der Waals surface area contributed by atoms with Crippen LogP contribution in [0.25, 0.3) is 11.0 Å². The number of likely N-dealkylation sites (tertiary alicyclic amines) is 1. The van der Waals surface area contributed by atoms with Gasteiger partial charge >= 0.3 is 0 Å². The van der Waals surface area contributed by atoms with E-state index in [9.17, 15) is 4.79 Å². The first kappa shape index (κ1) is 22.1. The van der Waals surface area contributed by atoms with E-state index in [0.717, 1.165) is 48.4 Å². The minimum atomic E-state index is 0. The molecule has 1 saturated heterocycles. The number of benzene rings is 2. The fraction of sp³-hybridized carbons (Fsp3) is 0.333. The highest BCUT2D eigenvalue weighted by atomic mass is 35.5. The Morgan fingerprint density at radius 2 is 1.96 bits per heavy atom. The first-order valence-electron chi connectivity index (χ1n) is 9.22. The number of aryl methyl sites for hydroxylation is 2. The van der Waals surface area contributed by atoms with E-state index in [1.807, 2.05) is 42.2 Å². The van der Waals surface area contributed by atoms with Crippen LogP contribution < -0.4 is 5.73 Å². The number of nitrogens with two attached hydrogens (primary N) is 1. The highest BCUT2D eigenvalue weighted by Crippen LogP contribution is 2.35. The molecule has 1 amide bonds. The van der Waals surface area contributed by atoms with Crippen LogP contribution >= 0.6 is 24.8 Å². The van der Waals surface area contributed by atoms with E-state index in [-0.39, 0.29) is 36.8 Å². The van der Waals surface area contributed by atoms with Gasteiger partial charge in [0.25, 0.3) is 5.91 Å². The zero-order chi connectivity index (χ0) is 18.3. The summed E-state index contributed by atoms with van der Waals surface area (Å²) in [6.45, 7) is 5.68. The quantitative estimate of drug-likeness (QED) is 0.620. The molecular formula is C21H26Cl2N4O. The molecule has 0 bridgehead atoms. The largest absolute Gasteiger partial charge is 0.399 e. The second-order valence-corrected chi connectivity index (χ2v) is 6.93. The van der Waals surface area contributed by atoms with E-state index in [2.05, 4.69) is 17.6 Å². The molecule has 3 aromatic rings. The van der Waals surface area contributed by atoms with Crippen molar-refractivity contribution in [3.8, 4) is 0 Å². The molecule has 4 rings (SSSR count). The van der Waals surface area contributed by atoms with Gasteiger partial charge in [-0.3, -0.25) is 4.79 Å². The standard InChI is InChI=1S/C21H24N4O.2ClH/c1-3-24-18-8-5-4-7-17(18)23-20(24)19-9-6-12-25(19)21(26)16-13-15(22)11-10-14(16)2;;/h4-5,7-8,10-11,13,19H,3,6,9,12,22H2,1-2H3;2*1H. The van der Waals surface area contributed by atoms with E-state index >= 15 is 0 Å². The Hall–Kier alpha value is -2.24. The van der Waals surface area contributed by atoms with E-state index < -0.39 is 0 Å². The number of rotatable bonds is 3. The van der Waals surface area contributed by atoms with Gasteiger partial charge in [0.2, 0.25) is 0 Å². The molecule has 150 valence electrons. The third kappa shape index (κ3) is 3.69. The highest BCUT2D eigenvalue weighted by molar-refractivity contribution is 5.97. The number of aromatic nitrogens is 2. The van der Waals surface area contributed by atoms with Gasteiger partial charge in [0.15, 0.2) is 0 Å². The van der Waals surface area contributed by atoms with Crippen molar-refractivity contribution in [1.82, 2.24) is 14.5 Å². The van der Waals surface area contributed by atoms with Crippen LogP contribution in [-0.4, -0.2) is 26.9 Å². The summed E-state index contributed by atoms with van der Waals surface area (Å²) in [5.74, 6) is 1.04. The second-order valence-electron chi connectivity index (χ2n) is 6.93. The van der Waals surface area contributed by atoms with Crippen LogP contribution in [-0.2, 0) is 6.54 Å². The smallest absolute Gasteiger partial charge is 0.254 e. The van der Waals surface area contributed by atoms with E-state index in [4.69, 9.17) is 10.7 Å². The molecule has 1 aliphatic rings. The predicted octanol–water partition coefficient (Wildman–Crippen LogP) is 4.77. The van der Waals surface area contributed by atoms with Crippen molar-refractivity contribution >= 4 is 47.4 Å². The van der Waals surface area contributed by atoms with Crippen molar-refractivity contribution in [3.05, 3.63) is 59.4 Å². The zero-order valence-electron chi connectivity index (χ0n) is 16.1. The van der Waals surface area contributed by atoms with Gasteiger partial charge in [-0.15, -0.1) is 24.8 Å². The van der Waals surface area contributed by atoms with Gasteiger partial charge in [-0.1, -0.05) is 18.2 Å². The normalized spacial score (nSPS) is 15.9. The van der Waals surface area contributed by atoms with E-state index in [0.29, 0.717) is 11.3 Å². The summed E-state index contributed by atoms with van der Waals surface area (Å²) in [5.41, 5.74) is 10.3. The fourth-order valence-electron chi connectivity index (χ4n) is 3.98. The number of anilines is 1. The van der Waals surface area contributed by atoms with Gasteiger partial charge in [-0.05, 0) is 56.5 Å². The molecule has 5 nitrogen and oxygen atoms in total. The van der Waals surface area contributed by atoms with Crippen LogP contribution in [0.2, 0.25) is 0 Å². The minimum Gasteiger partial charge on any atom is -0.399 e. The molecule has 7 heteroatoms. The summed E-state index contributed by atoms with van der Waals surface area (Å²) in [6, 6.07) is 13.7. The van der Waals surface area contributed by atoms with Gasteiger partial charge in [-0.2, -0.15) is 0 Å². The maximum Gasteiger partial charge on any atom is 0.254 e. The molecule has 2 aromatic carbocycles. The number of para-hydroxylation sites is 2. The molecule has 1 aromatic heterocycles. The molecule has 1 atom stereocenters. The molecule has 1 unspecified atom stereocenters. The molecule has 2 N–H and O–H groups in total. The maximum absolute atomic E-state index is 13.3. The lowest BCUT2D eigenvalue weighted by Crippen LogP contribution is -2.32. The van der Waals surface area contributed by atoms with Crippen LogP contribution in [0.4, 0.5) is 5.69 Å². The molecule has 0 spiro atoms. The van der Waals surface area contributed by atoms with Gasteiger partial charge in [0.1, 0.15) is 5.82 Å². The molecular weight excluding hydrogens is 395 g/mol. The lowest BCUT2D eigenvalue weighted by Gasteiger charge is -2.25. The van der Waals surface area contributed by atoms with Gasteiger partial charge in [0.05, 0.1) is 17.1 Å². The minimum absolute atomic E-state index is 0. The Morgan fingerprint density at radius 3 is 2.71 bits per heavy atom. The van der Waals surface area contributed by atoms with E-state index in [1.54, 1.807) is 6.07 Å². The topological polar surface area (TPSA) is 64.2 Å². The Labute approximate surface area is 177 Å². The second kappa shape index (κ2) is 8.84. The van der Waals surface area contributed by atoms with Crippen LogP contribution in [0.5, 0.6) is 0 Å². The van der Waals surface area contributed by atoms with Crippen molar-refractivity contribution in [2.24, 2.45) is 0 Å². The number of carbonyl (C=O) groups is 1. The zero-order valence-corrected chi connectivity index (χ0v) is 17.7. The number of halogens is 2. The number of nitrogen functional groups attached to an aromatic ring is 1. The summed E-state index contributed by atoms with van der Waals surface area (Å²) >= 11 is 0. The number of amides is 1. The number of carbonyl (C=O) groups excluding carboxylic acids is 1. The third-order valence-electron chi connectivity index (χ3n) is 5.30. The third-order valence-corrected chi connectivity index (χ3v) is 5.30. The number of imidazole rings is 1. The summed E-state index contributed by atoms with van der Waals surface area (Å²) < 4.78 is 2.23. The molecule has 2 heterocycles. The fourth-order valence-corrected chi connectivity index (χ4v) is 3.98. The van der Waals surface area contributed by atoms with Crippen LogP contribution in [0, 0.1) is 6.92 Å². The van der Waals surface area contributed by atoms with Crippen LogP contribution in [0.3, 0.4) is 0 Å². The van der Waals surface area contributed by atoms with Gasteiger partial charge < -0.3 is 15.2 Å². The molecule has 0 radical (unpaired) electrons. The maximum atomic E-state index is 13.3. The Balaban J connectivity index is 0.00000140.